The van der Waals surface area contributed by atoms with Gasteiger partial charge in [0.15, 0.2) is 0 Å². The van der Waals surface area contributed by atoms with Crippen molar-refractivity contribution < 1.29 is 9.90 Å². The lowest BCUT2D eigenvalue weighted by molar-refractivity contribution is -0.149. The summed E-state index contributed by atoms with van der Waals surface area (Å²) in [5, 5.41) is 9.65. The van der Waals surface area contributed by atoms with E-state index in [4.69, 9.17) is 0 Å². The molecule has 0 amide bonds. The molecular weight excluding hydrogens is 354 g/mol. The van der Waals surface area contributed by atoms with E-state index in [1.165, 1.54) is 5.56 Å². The highest BCUT2D eigenvalue weighted by Gasteiger charge is 2.55. The van der Waals surface area contributed by atoms with Crippen LogP contribution in [0.4, 0.5) is 0 Å². The van der Waals surface area contributed by atoms with Gasteiger partial charge >= 0.3 is 5.97 Å². The summed E-state index contributed by atoms with van der Waals surface area (Å²) < 4.78 is 1.08. The molecule has 1 aliphatic carbocycles. The van der Waals surface area contributed by atoms with Crippen LogP contribution in [0.5, 0.6) is 0 Å². The van der Waals surface area contributed by atoms with Gasteiger partial charge in [-0.25, -0.2) is 0 Å². The Kier molecular flexibility index (Phi) is 5.01. The molecule has 2 aliphatic rings. The van der Waals surface area contributed by atoms with Crippen LogP contribution >= 0.6 is 28.3 Å². The number of carboxylic acid groups (broad SMARTS) is 1. The molecule has 1 unspecified atom stereocenters. The van der Waals surface area contributed by atoms with Crippen molar-refractivity contribution in [2.75, 3.05) is 13.1 Å². The summed E-state index contributed by atoms with van der Waals surface area (Å²) in [6.45, 7) is 3.80. The van der Waals surface area contributed by atoms with Gasteiger partial charge in [-0.1, -0.05) is 34.5 Å². The molecule has 1 heterocycles. The zero-order chi connectivity index (χ0) is 14.3. The molecule has 1 aliphatic heterocycles. The first kappa shape index (κ1) is 16.8. The lowest BCUT2D eigenvalue weighted by atomic mass is 9.81. The van der Waals surface area contributed by atoms with Crippen LogP contribution in [0, 0.1) is 11.3 Å². The monoisotopic (exact) mass is 373 g/mol. The molecule has 2 fully saturated rings. The standard InChI is InChI=1S/C16H20BrNO2.ClH/c1-11(12-4-6-14(17)7-5-12)18-9-13-3-2-8-16(13,10-18)15(19)20;/h4-7,11,13H,2-3,8-10H2,1H3,(H,19,20);1H/t11?,13-,16+;/m0./s1. The van der Waals surface area contributed by atoms with Gasteiger partial charge in [-0.15, -0.1) is 12.4 Å². The van der Waals surface area contributed by atoms with Gasteiger partial charge in [0.2, 0.25) is 0 Å². The molecule has 5 heteroatoms. The van der Waals surface area contributed by atoms with Crippen LogP contribution in [-0.4, -0.2) is 29.1 Å². The van der Waals surface area contributed by atoms with E-state index in [9.17, 15) is 9.90 Å². The van der Waals surface area contributed by atoms with Gasteiger partial charge in [0.1, 0.15) is 0 Å². The summed E-state index contributed by atoms with van der Waals surface area (Å²) in [6.07, 6.45) is 2.98. The number of hydrogen-bond acceptors (Lipinski definition) is 2. The average molecular weight is 375 g/mol. The number of benzene rings is 1. The molecule has 1 aromatic carbocycles. The van der Waals surface area contributed by atoms with Crippen LogP contribution in [0.15, 0.2) is 28.7 Å². The number of hydrogen-bond donors (Lipinski definition) is 1. The van der Waals surface area contributed by atoms with Crippen LogP contribution in [0.2, 0.25) is 0 Å². The highest BCUT2D eigenvalue weighted by Crippen LogP contribution is 2.50. The van der Waals surface area contributed by atoms with Gasteiger partial charge in [0.05, 0.1) is 5.41 Å². The smallest absolute Gasteiger partial charge is 0.311 e. The van der Waals surface area contributed by atoms with Crippen molar-refractivity contribution in [1.29, 1.82) is 0 Å². The second-order valence-corrected chi connectivity index (χ2v) is 7.12. The quantitative estimate of drug-likeness (QED) is 0.865. The van der Waals surface area contributed by atoms with Crippen molar-refractivity contribution in [3.63, 3.8) is 0 Å². The maximum absolute atomic E-state index is 11.7. The number of halogens is 2. The molecule has 0 aromatic heterocycles. The van der Waals surface area contributed by atoms with Crippen LogP contribution in [-0.2, 0) is 4.79 Å². The molecule has 3 rings (SSSR count). The summed E-state index contributed by atoms with van der Waals surface area (Å²) in [7, 11) is 0. The Morgan fingerprint density at radius 2 is 2.10 bits per heavy atom. The minimum atomic E-state index is -0.592. The predicted octanol–water partition coefficient (Wildman–Crippen LogP) is 4.12. The van der Waals surface area contributed by atoms with Crippen LogP contribution in [0.1, 0.15) is 37.8 Å². The van der Waals surface area contributed by atoms with Crippen molar-refractivity contribution in [1.82, 2.24) is 4.90 Å². The maximum Gasteiger partial charge on any atom is 0.311 e. The fourth-order valence-electron chi connectivity index (χ4n) is 3.92. The number of carbonyl (C=O) groups is 1. The van der Waals surface area contributed by atoms with E-state index >= 15 is 0 Å². The van der Waals surface area contributed by atoms with Crippen LogP contribution < -0.4 is 0 Å². The first-order valence-corrected chi connectivity index (χ1v) is 8.05. The number of rotatable bonds is 3. The van der Waals surface area contributed by atoms with Crippen LogP contribution in [0.3, 0.4) is 0 Å². The molecule has 3 atom stereocenters. The Morgan fingerprint density at radius 3 is 2.67 bits per heavy atom. The molecule has 0 bridgehead atoms. The van der Waals surface area contributed by atoms with E-state index in [0.717, 1.165) is 30.3 Å². The summed E-state index contributed by atoms with van der Waals surface area (Å²) in [5.41, 5.74) is 0.776. The minimum Gasteiger partial charge on any atom is -0.481 e. The van der Waals surface area contributed by atoms with E-state index in [2.05, 4.69) is 52.0 Å². The molecule has 116 valence electrons. The summed E-state index contributed by atoms with van der Waals surface area (Å²) >= 11 is 3.45. The summed E-state index contributed by atoms with van der Waals surface area (Å²) in [5.74, 6) is -0.261. The van der Waals surface area contributed by atoms with Crippen molar-refractivity contribution >= 4 is 34.3 Å². The summed E-state index contributed by atoms with van der Waals surface area (Å²) in [6, 6.07) is 8.63. The van der Waals surface area contributed by atoms with Gasteiger partial charge in [-0.3, -0.25) is 9.69 Å². The number of aliphatic carboxylic acids is 1. The van der Waals surface area contributed by atoms with E-state index < -0.39 is 11.4 Å². The Labute approximate surface area is 140 Å². The number of likely N-dealkylation sites (tertiary alicyclic amines) is 1. The molecule has 0 radical (unpaired) electrons. The maximum atomic E-state index is 11.7. The number of carboxylic acids is 1. The van der Waals surface area contributed by atoms with Crippen molar-refractivity contribution in [3.05, 3.63) is 34.3 Å². The highest BCUT2D eigenvalue weighted by molar-refractivity contribution is 9.10. The van der Waals surface area contributed by atoms with E-state index in [-0.39, 0.29) is 18.4 Å². The molecule has 1 aromatic rings. The third-order valence-corrected chi connectivity index (χ3v) is 5.75. The van der Waals surface area contributed by atoms with E-state index in [1.807, 2.05) is 0 Å². The zero-order valence-electron chi connectivity index (χ0n) is 12.1. The van der Waals surface area contributed by atoms with E-state index in [0.29, 0.717) is 12.5 Å². The van der Waals surface area contributed by atoms with E-state index in [1.54, 1.807) is 0 Å². The predicted molar refractivity (Wildman–Crippen MR) is 88.8 cm³/mol. The average Bonchev–Trinajstić information content (AvgIpc) is 2.96. The van der Waals surface area contributed by atoms with Crippen molar-refractivity contribution in [3.8, 4) is 0 Å². The Hall–Kier alpha value is -0.580. The van der Waals surface area contributed by atoms with Gasteiger partial charge in [-0.2, -0.15) is 0 Å². The fourth-order valence-corrected chi connectivity index (χ4v) is 4.19. The Bertz CT molecular complexity index is 522. The molecule has 21 heavy (non-hydrogen) atoms. The first-order chi connectivity index (χ1) is 9.53. The highest BCUT2D eigenvalue weighted by atomic mass is 79.9. The fraction of sp³-hybridized carbons (Fsp3) is 0.562. The first-order valence-electron chi connectivity index (χ1n) is 7.26. The SMILES string of the molecule is CC(c1ccc(Br)cc1)N1C[C@@H]2CCC[C@@]2(C(=O)O)C1.Cl. The topological polar surface area (TPSA) is 40.5 Å². The molecule has 0 spiro atoms. The van der Waals surface area contributed by atoms with Gasteiger partial charge < -0.3 is 5.11 Å². The Morgan fingerprint density at radius 1 is 1.43 bits per heavy atom. The lowest BCUT2D eigenvalue weighted by Gasteiger charge is -2.27. The number of nitrogens with zero attached hydrogens (tertiary/aromatic N) is 1. The minimum absolute atomic E-state index is 0. The molecular formula is C16H21BrClNO2. The molecule has 1 saturated carbocycles. The molecule has 1 N–H and O–H groups in total. The third-order valence-electron chi connectivity index (χ3n) is 5.22. The third kappa shape index (κ3) is 2.86. The second-order valence-electron chi connectivity index (χ2n) is 6.21. The Balaban J connectivity index is 0.00000161. The normalized spacial score (nSPS) is 29.7. The summed E-state index contributed by atoms with van der Waals surface area (Å²) in [4.78, 5) is 14.1. The van der Waals surface area contributed by atoms with Gasteiger partial charge in [-0.05, 0) is 43.4 Å². The number of fused-ring (bicyclic) bond motifs is 1. The van der Waals surface area contributed by atoms with Gasteiger partial charge in [0.25, 0.3) is 0 Å². The molecule has 1 saturated heterocycles. The largest absolute Gasteiger partial charge is 0.481 e. The molecule has 3 nitrogen and oxygen atoms in total. The van der Waals surface area contributed by atoms with Crippen molar-refractivity contribution in [2.24, 2.45) is 11.3 Å². The van der Waals surface area contributed by atoms with Crippen molar-refractivity contribution in [2.45, 2.75) is 32.2 Å². The van der Waals surface area contributed by atoms with Gasteiger partial charge in [0, 0.05) is 23.6 Å². The van der Waals surface area contributed by atoms with Crippen LogP contribution in [0.25, 0.3) is 0 Å². The zero-order valence-corrected chi connectivity index (χ0v) is 14.5. The second kappa shape index (κ2) is 6.27. The lowest BCUT2D eigenvalue weighted by Crippen LogP contribution is -2.36.